The van der Waals surface area contributed by atoms with Crippen molar-refractivity contribution in [3.63, 3.8) is 0 Å². The lowest BCUT2D eigenvalue weighted by molar-refractivity contribution is -0.154. The average Bonchev–Trinajstić information content (AvgIpc) is 2.83. The van der Waals surface area contributed by atoms with E-state index in [1.165, 1.54) is 22.3 Å². The molecule has 2 heteroatoms. The van der Waals surface area contributed by atoms with Crippen LogP contribution < -0.4 is 0 Å². The van der Waals surface area contributed by atoms with E-state index in [2.05, 4.69) is 36.4 Å². The van der Waals surface area contributed by atoms with Gasteiger partial charge < -0.3 is 4.74 Å². The fourth-order valence-electron chi connectivity index (χ4n) is 2.72. The molecule has 108 valence electrons. The van der Waals surface area contributed by atoms with E-state index in [4.69, 9.17) is 4.74 Å². The van der Waals surface area contributed by atoms with Gasteiger partial charge in [0.15, 0.2) is 0 Å². The first-order valence-corrected chi connectivity index (χ1v) is 7.33. The van der Waals surface area contributed by atoms with E-state index in [0.717, 1.165) is 12.0 Å². The van der Waals surface area contributed by atoms with Gasteiger partial charge in [-0.2, -0.15) is 0 Å². The topological polar surface area (TPSA) is 26.3 Å². The van der Waals surface area contributed by atoms with Crippen molar-refractivity contribution >= 4 is 5.97 Å². The van der Waals surface area contributed by atoms with Crippen molar-refractivity contribution in [2.24, 2.45) is 5.41 Å². The number of esters is 1. The molecule has 0 spiro atoms. The maximum absolute atomic E-state index is 11.9. The molecule has 2 aromatic rings. The third kappa shape index (κ3) is 2.58. The van der Waals surface area contributed by atoms with Gasteiger partial charge in [-0.3, -0.25) is 4.79 Å². The van der Waals surface area contributed by atoms with Gasteiger partial charge in [0.2, 0.25) is 0 Å². The summed E-state index contributed by atoms with van der Waals surface area (Å²) in [6, 6.07) is 14.7. The first-order chi connectivity index (χ1) is 9.97. The molecule has 1 aliphatic rings. The lowest BCUT2D eigenvalue weighted by atomic mass is 9.97. The van der Waals surface area contributed by atoms with Crippen molar-refractivity contribution in [1.29, 1.82) is 0 Å². The number of carbonyl (C=O) groups is 1. The molecular formula is C19H20O2. The highest BCUT2D eigenvalue weighted by molar-refractivity contribution is 5.78. The van der Waals surface area contributed by atoms with Crippen LogP contribution in [0.25, 0.3) is 11.1 Å². The minimum Gasteiger partial charge on any atom is -0.460 e. The third-order valence-corrected chi connectivity index (χ3v) is 3.92. The predicted octanol–water partition coefficient (Wildman–Crippen LogP) is 4.35. The van der Waals surface area contributed by atoms with Crippen LogP contribution in [0.3, 0.4) is 0 Å². The summed E-state index contributed by atoms with van der Waals surface area (Å²) in [5.41, 5.74) is 5.87. The summed E-state index contributed by atoms with van der Waals surface area (Å²) >= 11 is 0. The van der Waals surface area contributed by atoms with Crippen molar-refractivity contribution in [2.45, 2.75) is 33.8 Å². The Kier molecular flexibility index (Phi) is 3.32. The summed E-state index contributed by atoms with van der Waals surface area (Å²) in [7, 11) is 0. The van der Waals surface area contributed by atoms with Gasteiger partial charge in [0, 0.05) is 0 Å². The van der Waals surface area contributed by atoms with Gasteiger partial charge in [0.1, 0.15) is 6.61 Å². The summed E-state index contributed by atoms with van der Waals surface area (Å²) in [6.45, 7) is 5.98. The Morgan fingerprint density at radius 1 is 1.05 bits per heavy atom. The number of ether oxygens (including phenoxy) is 1. The van der Waals surface area contributed by atoms with Crippen LogP contribution in [0.5, 0.6) is 0 Å². The fraction of sp³-hybridized carbons (Fsp3) is 0.316. The van der Waals surface area contributed by atoms with E-state index in [-0.39, 0.29) is 5.97 Å². The van der Waals surface area contributed by atoms with E-state index >= 15 is 0 Å². The molecule has 0 unspecified atom stereocenters. The average molecular weight is 280 g/mol. The van der Waals surface area contributed by atoms with Gasteiger partial charge in [-0.25, -0.2) is 0 Å². The predicted molar refractivity (Wildman–Crippen MR) is 83.9 cm³/mol. The van der Waals surface area contributed by atoms with E-state index in [9.17, 15) is 4.79 Å². The van der Waals surface area contributed by atoms with E-state index in [1.807, 2.05) is 26.8 Å². The molecule has 0 aromatic heterocycles. The van der Waals surface area contributed by atoms with Crippen molar-refractivity contribution in [3.05, 3.63) is 59.2 Å². The molecule has 0 aliphatic heterocycles. The molecule has 21 heavy (non-hydrogen) atoms. The highest BCUT2D eigenvalue weighted by atomic mass is 16.5. The molecule has 3 rings (SSSR count). The minimum atomic E-state index is -0.457. The van der Waals surface area contributed by atoms with Crippen LogP contribution in [0.15, 0.2) is 42.5 Å². The molecule has 0 bridgehead atoms. The quantitative estimate of drug-likeness (QED) is 0.652. The van der Waals surface area contributed by atoms with Gasteiger partial charge in [0.05, 0.1) is 5.41 Å². The molecule has 2 aromatic carbocycles. The molecule has 1 aliphatic carbocycles. The highest BCUT2D eigenvalue weighted by Gasteiger charge is 2.25. The Balaban J connectivity index is 1.86. The summed E-state index contributed by atoms with van der Waals surface area (Å²) in [5, 5.41) is 0. The van der Waals surface area contributed by atoms with Crippen LogP contribution in [0.1, 0.15) is 37.5 Å². The van der Waals surface area contributed by atoms with Crippen LogP contribution in [0.2, 0.25) is 0 Å². The lowest BCUT2D eigenvalue weighted by Gasteiger charge is -2.17. The lowest BCUT2D eigenvalue weighted by Crippen LogP contribution is -2.22. The third-order valence-electron chi connectivity index (χ3n) is 3.92. The Morgan fingerprint density at radius 3 is 2.52 bits per heavy atom. The largest absolute Gasteiger partial charge is 0.460 e. The van der Waals surface area contributed by atoms with Crippen LogP contribution in [0.4, 0.5) is 0 Å². The maximum atomic E-state index is 11.9. The summed E-state index contributed by atoms with van der Waals surface area (Å²) < 4.78 is 5.48. The van der Waals surface area contributed by atoms with Crippen molar-refractivity contribution < 1.29 is 9.53 Å². The van der Waals surface area contributed by atoms with Crippen LogP contribution in [-0.4, -0.2) is 5.97 Å². The van der Waals surface area contributed by atoms with Crippen molar-refractivity contribution in [2.75, 3.05) is 0 Å². The zero-order chi connectivity index (χ0) is 15.0. The Morgan fingerprint density at radius 2 is 1.76 bits per heavy atom. The van der Waals surface area contributed by atoms with Crippen LogP contribution in [0, 0.1) is 5.41 Å². The summed E-state index contributed by atoms with van der Waals surface area (Å²) in [5.74, 6) is -0.157. The molecule has 0 atom stereocenters. The molecule has 0 radical (unpaired) electrons. The Hall–Kier alpha value is -2.09. The Bertz CT molecular complexity index is 693. The SMILES string of the molecule is CC(C)(C)C(=O)OCc1cccc2c1Cc1ccccc1-2. The zero-order valence-electron chi connectivity index (χ0n) is 12.8. The maximum Gasteiger partial charge on any atom is 0.311 e. The number of carbonyl (C=O) groups excluding carboxylic acids is 1. The number of hydrogen-bond donors (Lipinski definition) is 0. The molecule has 0 saturated heterocycles. The molecular weight excluding hydrogens is 260 g/mol. The van der Waals surface area contributed by atoms with Gasteiger partial charge >= 0.3 is 5.97 Å². The molecule has 0 heterocycles. The van der Waals surface area contributed by atoms with Crippen LogP contribution in [-0.2, 0) is 22.6 Å². The fourth-order valence-corrected chi connectivity index (χ4v) is 2.72. The molecule has 2 nitrogen and oxygen atoms in total. The smallest absolute Gasteiger partial charge is 0.311 e. The monoisotopic (exact) mass is 280 g/mol. The summed E-state index contributed by atoms with van der Waals surface area (Å²) in [6.07, 6.45) is 0.925. The first kappa shape index (κ1) is 13.9. The second kappa shape index (κ2) is 5.03. The Labute approximate surface area is 125 Å². The standard InChI is InChI=1S/C19H20O2/c1-19(2,3)18(20)21-12-14-8-6-10-16-15-9-5-4-7-13(15)11-17(14)16/h4-10H,11-12H2,1-3H3. The van der Waals surface area contributed by atoms with Gasteiger partial charge in [-0.1, -0.05) is 42.5 Å². The van der Waals surface area contributed by atoms with E-state index in [1.54, 1.807) is 0 Å². The van der Waals surface area contributed by atoms with Gasteiger partial charge in [-0.05, 0) is 55.0 Å². The molecule has 0 N–H and O–H groups in total. The normalized spacial score (nSPS) is 12.7. The second-order valence-corrected chi connectivity index (χ2v) is 6.60. The summed E-state index contributed by atoms with van der Waals surface area (Å²) in [4.78, 5) is 11.9. The van der Waals surface area contributed by atoms with Gasteiger partial charge in [-0.15, -0.1) is 0 Å². The number of benzene rings is 2. The van der Waals surface area contributed by atoms with Crippen molar-refractivity contribution in [3.8, 4) is 11.1 Å². The van der Waals surface area contributed by atoms with Crippen molar-refractivity contribution in [1.82, 2.24) is 0 Å². The number of fused-ring (bicyclic) bond motifs is 3. The van der Waals surface area contributed by atoms with E-state index < -0.39 is 5.41 Å². The first-order valence-electron chi connectivity index (χ1n) is 7.33. The van der Waals surface area contributed by atoms with Gasteiger partial charge in [0.25, 0.3) is 0 Å². The highest BCUT2D eigenvalue weighted by Crippen LogP contribution is 2.38. The second-order valence-electron chi connectivity index (χ2n) is 6.60. The number of rotatable bonds is 2. The van der Waals surface area contributed by atoms with Crippen LogP contribution >= 0.6 is 0 Å². The number of hydrogen-bond acceptors (Lipinski definition) is 2. The van der Waals surface area contributed by atoms with E-state index in [0.29, 0.717) is 6.61 Å². The minimum absolute atomic E-state index is 0.157. The molecule has 0 fully saturated rings. The zero-order valence-corrected chi connectivity index (χ0v) is 12.8. The molecule has 0 amide bonds. The molecule has 0 saturated carbocycles.